The second kappa shape index (κ2) is 5.64. The molecule has 0 radical (unpaired) electrons. The van der Waals surface area contributed by atoms with Crippen LogP contribution in [0.25, 0.3) is 5.69 Å². The van der Waals surface area contributed by atoms with E-state index in [-0.39, 0.29) is 5.75 Å². The maximum atomic E-state index is 11.6. The standard InChI is InChI=1S/C13H14N2O2S/c14-13(16)10-18(17)9-11-4-3-5-12(8-11)15-6-1-2-7-15/h1-8H,9-10H2,(H2,14,16)/t18-/m1/s1. The van der Waals surface area contributed by atoms with Gasteiger partial charge in [-0.25, -0.2) is 0 Å². The molecule has 0 unspecified atom stereocenters. The van der Waals surface area contributed by atoms with Gasteiger partial charge in [0, 0.05) is 34.6 Å². The molecule has 4 nitrogen and oxygen atoms in total. The number of aromatic nitrogens is 1. The molecule has 2 rings (SSSR count). The molecule has 1 aromatic carbocycles. The molecule has 94 valence electrons. The van der Waals surface area contributed by atoms with E-state index >= 15 is 0 Å². The van der Waals surface area contributed by atoms with E-state index in [1.807, 2.05) is 53.4 Å². The highest BCUT2D eigenvalue weighted by Gasteiger charge is 2.06. The zero-order valence-electron chi connectivity index (χ0n) is 9.78. The number of carbonyl (C=O) groups is 1. The van der Waals surface area contributed by atoms with Crippen LogP contribution in [-0.4, -0.2) is 20.4 Å². The van der Waals surface area contributed by atoms with E-state index in [0.29, 0.717) is 5.75 Å². The molecule has 1 amide bonds. The first-order chi connectivity index (χ1) is 8.65. The van der Waals surface area contributed by atoms with Crippen molar-refractivity contribution in [3.8, 4) is 5.69 Å². The first kappa shape index (κ1) is 12.6. The van der Waals surface area contributed by atoms with Crippen LogP contribution in [0.3, 0.4) is 0 Å². The molecule has 2 aromatic rings. The summed E-state index contributed by atoms with van der Waals surface area (Å²) in [5.74, 6) is -0.277. The number of benzene rings is 1. The van der Waals surface area contributed by atoms with E-state index in [1.165, 1.54) is 0 Å². The Morgan fingerprint density at radius 2 is 1.94 bits per heavy atom. The highest BCUT2D eigenvalue weighted by atomic mass is 32.2. The van der Waals surface area contributed by atoms with E-state index < -0.39 is 16.7 Å². The van der Waals surface area contributed by atoms with Crippen molar-refractivity contribution < 1.29 is 9.00 Å². The van der Waals surface area contributed by atoms with Crippen LogP contribution in [0.2, 0.25) is 0 Å². The van der Waals surface area contributed by atoms with Crippen molar-refractivity contribution in [2.75, 3.05) is 5.75 Å². The molecule has 18 heavy (non-hydrogen) atoms. The number of nitrogens with two attached hydrogens (primary N) is 1. The molecule has 1 heterocycles. The van der Waals surface area contributed by atoms with Gasteiger partial charge in [0.25, 0.3) is 0 Å². The molecule has 0 aliphatic rings. The van der Waals surface area contributed by atoms with Gasteiger partial charge in [-0.15, -0.1) is 0 Å². The average Bonchev–Trinajstić information content (AvgIpc) is 2.81. The molecule has 0 fully saturated rings. The number of carbonyl (C=O) groups excluding carboxylic acids is 1. The second-order valence-electron chi connectivity index (χ2n) is 3.96. The predicted molar refractivity (Wildman–Crippen MR) is 71.7 cm³/mol. The predicted octanol–water partition coefficient (Wildman–Crippen LogP) is 1.21. The molecule has 0 saturated carbocycles. The second-order valence-corrected chi connectivity index (χ2v) is 5.41. The lowest BCUT2D eigenvalue weighted by atomic mass is 10.2. The summed E-state index contributed by atoms with van der Waals surface area (Å²) < 4.78 is 13.6. The zero-order chi connectivity index (χ0) is 13.0. The molecule has 0 aliphatic heterocycles. The maximum Gasteiger partial charge on any atom is 0.230 e. The summed E-state index contributed by atoms with van der Waals surface area (Å²) in [6.45, 7) is 0. The Kier molecular flexibility index (Phi) is 3.94. The number of nitrogens with zero attached hydrogens (tertiary/aromatic N) is 1. The van der Waals surface area contributed by atoms with Crippen LogP contribution in [0.5, 0.6) is 0 Å². The summed E-state index contributed by atoms with van der Waals surface area (Å²) in [6, 6.07) is 11.6. The molecular weight excluding hydrogens is 248 g/mol. The van der Waals surface area contributed by atoms with Crippen LogP contribution in [0.1, 0.15) is 5.56 Å². The van der Waals surface area contributed by atoms with E-state index in [4.69, 9.17) is 5.73 Å². The number of amides is 1. The van der Waals surface area contributed by atoms with Crippen LogP contribution in [0, 0.1) is 0 Å². The molecule has 0 saturated heterocycles. The Labute approximate surface area is 108 Å². The van der Waals surface area contributed by atoms with E-state index in [9.17, 15) is 9.00 Å². The largest absolute Gasteiger partial charge is 0.369 e. The smallest absolute Gasteiger partial charge is 0.230 e. The monoisotopic (exact) mass is 262 g/mol. The van der Waals surface area contributed by atoms with Gasteiger partial charge in [0.2, 0.25) is 5.91 Å². The van der Waals surface area contributed by atoms with Gasteiger partial charge < -0.3 is 10.3 Å². The summed E-state index contributed by atoms with van der Waals surface area (Å²) in [5, 5.41) is 0. The van der Waals surface area contributed by atoms with E-state index in [0.717, 1.165) is 11.3 Å². The molecule has 0 spiro atoms. The first-order valence-corrected chi connectivity index (χ1v) is 6.99. The molecule has 2 N–H and O–H groups in total. The Morgan fingerprint density at radius 3 is 2.61 bits per heavy atom. The third-order valence-electron chi connectivity index (χ3n) is 2.44. The Morgan fingerprint density at radius 1 is 1.22 bits per heavy atom. The Bertz CT molecular complexity index is 564. The fraction of sp³-hybridized carbons (Fsp3) is 0.154. The summed E-state index contributed by atoms with van der Waals surface area (Å²) >= 11 is 0. The maximum absolute atomic E-state index is 11.6. The topological polar surface area (TPSA) is 65.1 Å². The molecule has 1 aromatic heterocycles. The highest BCUT2D eigenvalue weighted by molar-refractivity contribution is 7.84. The fourth-order valence-electron chi connectivity index (χ4n) is 1.71. The lowest BCUT2D eigenvalue weighted by Crippen LogP contribution is -2.20. The van der Waals surface area contributed by atoms with Gasteiger partial charge in [-0.3, -0.25) is 9.00 Å². The molecule has 0 bridgehead atoms. The average molecular weight is 262 g/mol. The number of hydrogen-bond donors (Lipinski definition) is 1. The Balaban J connectivity index is 2.13. The zero-order valence-corrected chi connectivity index (χ0v) is 10.6. The van der Waals surface area contributed by atoms with Crippen molar-refractivity contribution in [3.63, 3.8) is 0 Å². The van der Waals surface area contributed by atoms with E-state index in [1.54, 1.807) is 0 Å². The minimum atomic E-state index is -1.24. The summed E-state index contributed by atoms with van der Waals surface area (Å²) in [7, 11) is -1.24. The van der Waals surface area contributed by atoms with Gasteiger partial charge >= 0.3 is 0 Å². The fourth-order valence-corrected chi connectivity index (χ4v) is 2.68. The highest BCUT2D eigenvalue weighted by Crippen LogP contribution is 2.12. The van der Waals surface area contributed by atoms with Crippen molar-refractivity contribution >= 4 is 16.7 Å². The van der Waals surface area contributed by atoms with Crippen LogP contribution >= 0.6 is 0 Å². The molecular formula is C13H14N2O2S. The first-order valence-electron chi connectivity index (χ1n) is 5.51. The van der Waals surface area contributed by atoms with Crippen molar-refractivity contribution in [1.82, 2.24) is 4.57 Å². The van der Waals surface area contributed by atoms with Gasteiger partial charge in [0.15, 0.2) is 0 Å². The van der Waals surface area contributed by atoms with Gasteiger partial charge in [-0.2, -0.15) is 0 Å². The van der Waals surface area contributed by atoms with Crippen molar-refractivity contribution in [1.29, 1.82) is 0 Å². The van der Waals surface area contributed by atoms with E-state index in [2.05, 4.69) is 0 Å². The lowest BCUT2D eigenvalue weighted by molar-refractivity contribution is -0.115. The third kappa shape index (κ3) is 3.30. The number of primary amides is 1. The number of rotatable bonds is 5. The quantitative estimate of drug-likeness (QED) is 0.880. The minimum Gasteiger partial charge on any atom is -0.369 e. The summed E-state index contributed by atoms with van der Waals surface area (Å²) in [4.78, 5) is 10.7. The van der Waals surface area contributed by atoms with Gasteiger partial charge in [-0.05, 0) is 29.8 Å². The minimum absolute atomic E-state index is 0.0895. The number of hydrogen-bond acceptors (Lipinski definition) is 2. The van der Waals surface area contributed by atoms with Crippen molar-refractivity contribution in [2.45, 2.75) is 5.75 Å². The normalized spacial score (nSPS) is 12.2. The van der Waals surface area contributed by atoms with Gasteiger partial charge in [0.1, 0.15) is 5.75 Å². The van der Waals surface area contributed by atoms with Crippen LogP contribution in [-0.2, 0) is 21.3 Å². The van der Waals surface area contributed by atoms with Gasteiger partial charge in [-0.1, -0.05) is 12.1 Å². The molecule has 1 atom stereocenters. The van der Waals surface area contributed by atoms with Crippen LogP contribution < -0.4 is 5.73 Å². The summed E-state index contributed by atoms with van der Waals surface area (Å²) in [6.07, 6.45) is 3.89. The molecule has 5 heteroatoms. The van der Waals surface area contributed by atoms with Crippen LogP contribution in [0.4, 0.5) is 0 Å². The van der Waals surface area contributed by atoms with Crippen LogP contribution in [0.15, 0.2) is 48.8 Å². The van der Waals surface area contributed by atoms with Crippen molar-refractivity contribution in [3.05, 3.63) is 54.4 Å². The van der Waals surface area contributed by atoms with Gasteiger partial charge in [0.05, 0.1) is 0 Å². The Hall–Kier alpha value is -1.88. The lowest BCUT2D eigenvalue weighted by Gasteiger charge is -2.06. The SMILES string of the molecule is NC(=O)C[S@](=O)Cc1cccc(-n2cccc2)c1. The van der Waals surface area contributed by atoms with Crippen molar-refractivity contribution in [2.24, 2.45) is 5.73 Å². The third-order valence-corrected chi connectivity index (χ3v) is 3.71. The summed E-state index contributed by atoms with van der Waals surface area (Å²) in [5.41, 5.74) is 6.96. The molecule has 0 aliphatic carbocycles.